The number of aldehydes is 2. The van der Waals surface area contributed by atoms with Crippen LogP contribution in [0.1, 0.15) is 86.8 Å². The number of aromatic amines is 1. The summed E-state index contributed by atoms with van der Waals surface area (Å²) in [5.41, 5.74) is 17.1. The van der Waals surface area contributed by atoms with E-state index in [2.05, 4.69) is 44.9 Å². The molecule has 0 fully saturated rings. The molecule has 1 aliphatic heterocycles. The van der Waals surface area contributed by atoms with Crippen molar-refractivity contribution in [2.45, 2.75) is 101 Å². The van der Waals surface area contributed by atoms with Crippen LogP contribution in [-0.4, -0.2) is 71.0 Å². The molecule has 1 aromatic heterocycles. The molecule has 11 nitrogen and oxygen atoms in total. The number of aliphatic hydroxyl groups is 1. The first-order valence-electron chi connectivity index (χ1n) is 18.5. The van der Waals surface area contributed by atoms with Gasteiger partial charge < -0.3 is 46.9 Å². The highest BCUT2D eigenvalue weighted by molar-refractivity contribution is 5.86. The van der Waals surface area contributed by atoms with Crippen LogP contribution in [0.15, 0.2) is 65.3 Å². The van der Waals surface area contributed by atoms with E-state index in [4.69, 9.17) is 11.5 Å². The topological polar surface area (TPSA) is 196 Å². The molecule has 0 saturated carbocycles. The maximum atomic E-state index is 12.3. The smallest absolute Gasteiger partial charge is 0.328 e. The lowest BCUT2D eigenvalue weighted by molar-refractivity contribution is -0.131. The summed E-state index contributed by atoms with van der Waals surface area (Å²) in [7, 11) is 0. The molecule has 5 rings (SSSR count). The minimum absolute atomic E-state index is 0.0255. The number of carbonyl (C=O) groups is 3. The quantitative estimate of drug-likeness (QED) is 0.0629. The number of H-pyrrole nitrogens is 1. The van der Waals surface area contributed by atoms with E-state index in [9.17, 15) is 24.6 Å². The third-order valence-electron chi connectivity index (χ3n) is 10.7. The van der Waals surface area contributed by atoms with Gasteiger partial charge in [-0.05, 0) is 121 Å². The lowest BCUT2D eigenvalue weighted by Gasteiger charge is -2.39. The molecule has 2 aromatic carbocycles. The van der Waals surface area contributed by atoms with Crippen LogP contribution in [0.5, 0.6) is 0 Å². The zero-order valence-corrected chi connectivity index (χ0v) is 29.4. The van der Waals surface area contributed by atoms with E-state index in [0.717, 1.165) is 85.2 Å². The molecule has 274 valence electrons. The third kappa shape index (κ3) is 10.5. The Bertz CT molecular complexity index is 1670. The number of aromatic nitrogens is 1. The molecule has 9 N–H and O–H groups in total. The second-order valence-electron chi connectivity index (χ2n) is 14.3. The number of carboxylic acids is 1. The zero-order chi connectivity index (χ0) is 36.2. The Morgan fingerprint density at radius 2 is 1.92 bits per heavy atom. The molecule has 51 heavy (non-hydrogen) atoms. The Hall–Kier alpha value is -4.48. The van der Waals surface area contributed by atoms with E-state index in [1.165, 1.54) is 17.2 Å². The second kappa shape index (κ2) is 18.7. The van der Waals surface area contributed by atoms with Crippen molar-refractivity contribution in [3.63, 3.8) is 0 Å². The number of nitrogens with one attached hydrogen (secondary N) is 3. The SMILES string of the molecule is NC1=NCCC(C(=CC(=O)O)C(CC2CCc3cc4ccc(CC=O)cc4cc3C2CCCC(N)CCC(C=O)CCCO)Nc2ccc[nH]2)N1. The molecule has 11 heteroatoms. The fourth-order valence-corrected chi connectivity index (χ4v) is 8.11. The summed E-state index contributed by atoms with van der Waals surface area (Å²) in [6.07, 6.45) is 14.1. The first-order valence-corrected chi connectivity index (χ1v) is 18.5. The fourth-order valence-electron chi connectivity index (χ4n) is 8.11. The van der Waals surface area contributed by atoms with Crippen LogP contribution in [0.25, 0.3) is 10.8 Å². The number of aryl methyl sites for hydroxylation is 1. The Morgan fingerprint density at radius 3 is 2.65 bits per heavy atom. The van der Waals surface area contributed by atoms with Gasteiger partial charge >= 0.3 is 5.97 Å². The summed E-state index contributed by atoms with van der Waals surface area (Å²) in [6, 6.07) is 14.1. The predicted octanol–water partition coefficient (Wildman–Crippen LogP) is 4.98. The Labute approximate surface area is 300 Å². The van der Waals surface area contributed by atoms with Crippen LogP contribution in [0, 0.1) is 11.8 Å². The van der Waals surface area contributed by atoms with Gasteiger partial charge in [-0.3, -0.25) is 4.99 Å². The molecular weight excluding hydrogens is 644 g/mol. The maximum absolute atomic E-state index is 12.3. The van der Waals surface area contributed by atoms with Gasteiger partial charge in [-0.15, -0.1) is 0 Å². The molecule has 0 amide bonds. The van der Waals surface area contributed by atoms with Gasteiger partial charge in [0.15, 0.2) is 5.96 Å². The first-order chi connectivity index (χ1) is 24.8. The van der Waals surface area contributed by atoms with Gasteiger partial charge in [0.1, 0.15) is 18.4 Å². The van der Waals surface area contributed by atoms with Crippen LogP contribution >= 0.6 is 0 Å². The number of benzene rings is 2. The second-order valence-corrected chi connectivity index (χ2v) is 14.3. The highest BCUT2D eigenvalue weighted by atomic mass is 16.4. The van der Waals surface area contributed by atoms with Crippen LogP contribution in [-0.2, 0) is 27.2 Å². The summed E-state index contributed by atoms with van der Waals surface area (Å²) < 4.78 is 0. The predicted molar refractivity (Wildman–Crippen MR) is 202 cm³/mol. The highest BCUT2D eigenvalue weighted by Gasteiger charge is 2.35. The highest BCUT2D eigenvalue weighted by Crippen LogP contribution is 2.44. The number of aliphatic carboxylic acids is 1. The van der Waals surface area contributed by atoms with Crippen molar-refractivity contribution in [3.8, 4) is 0 Å². The molecule has 2 aliphatic rings. The van der Waals surface area contributed by atoms with E-state index in [1.807, 2.05) is 24.4 Å². The maximum Gasteiger partial charge on any atom is 0.328 e. The average molecular weight is 699 g/mol. The number of rotatable bonds is 20. The molecule has 2 heterocycles. The van der Waals surface area contributed by atoms with E-state index >= 15 is 0 Å². The van der Waals surface area contributed by atoms with Gasteiger partial charge in [-0.2, -0.15) is 0 Å². The fraction of sp³-hybridized carbons (Fsp3) is 0.500. The molecule has 1 aliphatic carbocycles. The number of guanidine groups is 1. The molecule has 0 spiro atoms. The lowest BCUT2D eigenvalue weighted by atomic mass is 9.69. The number of nitrogens with zero attached hydrogens (tertiary/aromatic N) is 1. The summed E-state index contributed by atoms with van der Waals surface area (Å²) >= 11 is 0. The van der Waals surface area contributed by atoms with Crippen molar-refractivity contribution >= 4 is 41.1 Å². The minimum atomic E-state index is -1.00. The molecule has 0 radical (unpaired) electrons. The van der Waals surface area contributed by atoms with Crippen LogP contribution < -0.4 is 22.1 Å². The minimum Gasteiger partial charge on any atom is -0.478 e. The van der Waals surface area contributed by atoms with E-state index in [0.29, 0.717) is 44.6 Å². The number of aliphatic imine (C=N–C) groups is 1. The van der Waals surface area contributed by atoms with Crippen molar-refractivity contribution in [2.24, 2.45) is 28.3 Å². The van der Waals surface area contributed by atoms with Gasteiger partial charge in [0.2, 0.25) is 0 Å². The summed E-state index contributed by atoms with van der Waals surface area (Å²) in [4.78, 5) is 42.7. The number of aliphatic hydroxyl groups excluding tert-OH is 1. The first kappa shape index (κ1) is 37.8. The Kier molecular flexibility index (Phi) is 13.8. The molecule has 6 unspecified atom stereocenters. The number of anilines is 1. The van der Waals surface area contributed by atoms with Gasteiger partial charge in [0.25, 0.3) is 0 Å². The standard InChI is InChI=1S/C40H54N6O5/c41-32(13-9-27(25-49)4-3-18-47)5-1-6-33-30(12-11-29-21-28-10-8-26(15-19-48)20-31(28)22-34(29)33)23-37(45-38-7-2-16-43-38)35(24-39(50)51)36-14-17-44-40(42)46-36/h2,7-8,10,16,19-22,24-25,27,30,32-33,36-37,43,45,47H,1,3-6,9,11-15,17-18,23,41H2,(H,50,51)(H3,42,44,46). The number of hydrogen-bond acceptors (Lipinski definition) is 9. The van der Waals surface area contributed by atoms with Crippen LogP contribution in [0.4, 0.5) is 5.82 Å². The molecule has 0 bridgehead atoms. The number of nitrogens with two attached hydrogens (primary N) is 2. The number of fused-ring (bicyclic) bond motifs is 2. The van der Waals surface area contributed by atoms with Crippen molar-refractivity contribution in [3.05, 3.63) is 77.0 Å². The molecule has 0 saturated heterocycles. The molecular formula is C40H54N6O5. The van der Waals surface area contributed by atoms with Gasteiger partial charge in [-0.25, -0.2) is 4.79 Å². The van der Waals surface area contributed by atoms with E-state index in [-0.39, 0.29) is 42.5 Å². The van der Waals surface area contributed by atoms with Crippen molar-refractivity contribution < 1.29 is 24.6 Å². The Balaban J connectivity index is 1.43. The number of hydrogen-bond donors (Lipinski definition) is 7. The summed E-state index contributed by atoms with van der Waals surface area (Å²) in [6.45, 7) is 0.603. The zero-order valence-electron chi connectivity index (χ0n) is 29.4. The number of carbonyl (C=O) groups excluding carboxylic acids is 2. The van der Waals surface area contributed by atoms with E-state index < -0.39 is 5.97 Å². The third-order valence-corrected chi connectivity index (χ3v) is 10.7. The van der Waals surface area contributed by atoms with Gasteiger partial charge in [0, 0.05) is 43.8 Å². The Morgan fingerprint density at radius 1 is 1.06 bits per heavy atom. The largest absolute Gasteiger partial charge is 0.478 e. The van der Waals surface area contributed by atoms with Gasteiger partial charge in [-0.1, -0.05) is 36.8 Å². The summed E-state index contributed by atoms with van der Waals surface area (Å²) in [5.74, 6) is 0.493. The van der Waals surface area contributed by atoms with Crippen molar-refractivity contribution in [1.29, 1.82) is 0 Å². The van der Waals surface area contributed by atoms with Crippen LogP contribution in [0.3, 0.4) is 0 Å². The summed E-state index contributed by atoms with van der Waals surface area (Å²) in [5, 5.41) is 28.4. The normalized spacial score (nSPS) is 20.8. The lowest BCUT2D eigenvalue weighted by Crippen LogP contribution is -2.48. The van der Waals surface area contributed by atoms with Crippen molar-refractivity contribution in [1.82, 2.24) is 10.3 Å². The number of carboxylic acid groups (broad SMARTS) is 1. The molecule has 6 atom stereocenters. The van der Waals surface area contributed by atoms with Gasteiger partial charge in [0.05, 0.1) is 12.1 Å². The van der Waals surface area contributed by atoms with Crippen molar-refractivity contribution in [2.75, 3.05) is 18.5 Å². The monoisotopic (exact) mass is 698 g/mol. The van der Waals surface area contributed by atoms with E-state index in [1.54, 1.807) is 0 Å². The van der Waals surface area contributed by atoms with Crippen LogP contribution in [0.2, 0.25) is 0 Å². The molecule has 3 aromatic rings. The average Bonchev–Trinajstić information content (AvgIpc) is 3.63.